The van der Waals surface area contributed by atoms with Crippen LogP contribution in [0.4, 0.5) is 5.69 Å². The van der Waals surface area contributed by atoms with Gasteiger partial charge in [0.1, 0.15) is 0 Å². The Kier molecular flexibility index (Phi) is 2.14. The Morgan fingerprint density at radius 1 is 1.14 bits per heavy atom. The van der Waals surface area contributed by atoms with Gasteiger partial charge in [-0.2, -0.15) is 0 Å². The molecule has 0 aliphatic rings. The van der Waals surface area contributed by atoms with E-state index in [1.54, 1.807) is 12.4 Å². The van der Waals surface area contributed by atoms with Gasteiger partial charge >= 0.3 is 0 Å². The highest BCUT2D eigenvalue weighted by Crippen LogP contribution is 2.17. The van der Waals surface area contributed by atoms with E-state index < -0.39 is 0 Å². The van der Waals surface area contributed by atoms with Crippen molar-refractivity contribution < 1.29 is 0 Å². The largest absolute Gasteiger partial charge is 0.397 e. The van der Waals surface area contributed by atoms with Crippen LogP contribution in [0.15, 0.2) is 36.7 Å². The Hall–Kier alpha value is -1.90. The third-order valence-electron chi connectivity index (χ3n) is 2.08. The van der Waals surface area contributed by atoms with Crippen LogP contribution < -0.4 is 5.73 Å². The summed E-state index contributed by atoms with van der Waals surface area (Å²) >= 11 is 0. The summed E-state index contributed by atoms with van der Waals surface area (Å²) in [6, 6.07) is 7.69. The van der Waals surface area contributed by atoms with Gasteiger partial charge in [-0.1, -0.05) is 6.07 Å². The topological polar surface area (TPSA) is 51.8 Å². The molecule has 2 N–H and O–H groups in total. The Morgan fingerprint density at radius 3 is 2.64 bits per heavy atom. The first-order chi connectivity index (χ1) is 6.77. The first-order valence-electron chi connectivity index (χ1n) is 4.41. The van der Waals surface area contributed by atoms with Crippen LogP contribution in [-0.2, 0) is 0 Å². The zero-order valence-corrected chi connectivity index (χ0v) is 7.94. The van der Waals surface area contributed by atoms with Gasteiger partial charge in [-0.15, -0.1) is 0 Å². The second-order valence-electron chi connectivity index (χ2n) is 3.14. The number of rotatable bonds is 1. The van der Waals surface area contributed by atoms with E-state index in [1.165, 1.54) is 0 Å². The number of aryl methyl sites for hydroxylation is 1. The number of nitrogen functional groups attached to an aromatic ring is 1. The lowest BCUT2D eigenvalue weighted by atomic mass is 10.2. The maximum atomic E-state index is 5.68. The molecule has 2 aromatic heterocycles. The van der Waals surface area contributed by atoms with Crippen LogP contribution in [0.3, 0.4) is 0 Å². The van der Waals surface area contributed by atoms with Gasteiger partial charge in [-0.3, -0.25) is 9.97 Å². The van der Waals surface area contributed by atoms with Crippen molar-refractivity contribution in [3.05, 3.63) is 42.2 Å². The minimum atomic E-state index is 0.713. The van der Waals surface area contributed by atoms with Crippen LogP contribution >= 0.6 is 0 Å². The molecule has 0 atom stereocenters. The van der Waals surface area contributed by atoms with Crippen molar-refractivity contribution in [2.75, 3.05) is 5.73 Å². The van der Waals surface area contributed by atoms with Crippen molar-refractivity contribution >= 4 is 5.69 Å². The number of hydrogen-bond donors (Lipinski definition) is 1. The summed E-state index contributed by atoms with van der Waals surface area (Å²) in [6.45, 7) is 1.96. The Balaban J connectivity index is 2.48. The number of aromatic nitrogens is 2. The van der Waals surface area contributed by atoms with E-state index in [-0.39, 0.29) is 0 Å². The van der Waals surface area contributed by atoms with Crippen LogP contribution in [0.5, 0.6) is 0 Å². The number of hydrogen-bond acceptors (Lipinski definition) is 3. The first-order valence-corrected chi connectivity index (χ1v) is 4.41. The minimum absolute atomic E-state index is 0.713. The number of anilines is 1. The van der Waals surface area contributed by atoms with Gasteiger partial charge in [0.2, 0.25) is 0 Å². The smallest absolute Gasteiger partial charge is 0.0890 e. The van der Waals surface area contributed by atoms with E-state index in [1.807, 2.05) is 31.2 Å². The molecule has 0 aliphatic carbocycles. The van der Waals surface area contributed by atoms with Crippen LogP contribution in [0, 0.1) is 6.92 Å². The number of nitrogens with zero attached hydrogens (tertiary/aromatic N) is 2. The fourth-order valence-electron chi connectivity index (χ4n) is 1.22. The Morgan fingerprint density at radius 2 is 2.00 bits per heavy atom. The van der Waals surface area contributed by atoms with Crippen molar-refractivity contribution in [2.45, 2.75) is 6.92 Å². The molecule has 0 spiro atoms. The standard InChI is InChI=1S/C11H11N3/c1-8-6-11(14-7-9(8)12)10-4-2-3-5-13-10/h2-7H,12H2,1H3. The quantitative estimate of drug-likeness (QED) is 0.739. The molecule has 2 rings (SSSR count). The zero-order chi connectivity index (χ0) is 9.97. The lowest BCUT2D eigenvalue weighted by molar-refractivity contribution is 1.23. The molecule has 0 saturated carbocycles. The average molecular weight is 185 g/mol. The van der Waals surface area contributed by atoms with Crippen LogP contribution in [-0.4, -0.2) is 9.97 Å². The summed E-state index contributed by atoms with van der Waals surface area (Å²) in [7, 11) is 0. The summed E-state index contributed by atoms with van der Waals surface area (Å²) in [5, 5.41) is 0. The molecule has 0 radical (unpaired) electrons. The molecule has 0 unspecified atom stereocenters. The predicted octanol–water partition coefficient (Wildman–Crippen LogP) is 2.03. The highest BCUT2D eigenvalue weighted by Gasteiger charge is 2.01. The number of pyridine rings is 2. The third-order valence-corrected chi connectivity index (χ3v) is 2.08. The molecule has 3 heteroatoms. The summed E-state index contributed by atoms with van der Waals surface area (Å²) in [4.78, 5) is 8.44. The lowest BCUT2D eigenvalue weighted by Crippen LogP contribution is -1.93. The van der Waals surface area contributed by atoms with Crippen LogP contribution in [0.25, 0.3) is 11.4 Å². The Bertz CT molecular complexity index is 438. The summed E-state index contributed by atoms with van der Waals surface area (Å²) in [6.07, 6.45) is 3.42. The highest BCUT2D eigenvalue weighted by atomic mass is 14.8. The molecule has 14 heavy (non-hydrogen) atoms. The SMILES string of the molecule is Cc1cc(-c2ccccn2)ncc1N. The van der Waals surface area contributed by atoms with Crippen molar-refractivity contribution in [2.24, 2.45) is 0 Å². The monoisotopic (exact) mass is 185 g/mol. The lowest BCUT2D eigenvalue weighted by Gasteiger charge is -2.02. The normalized spacial score (nSPS) is 10.1. The fourth-order valence-corrected chi connectivity index (χ4v) is 1.22. The van der Waals surface area contributed by atoms with Gasteiger partial charge in [0.05, 0.1) is 23.3 Å². The van der Waals surface area contributed by atoms with E-state index in [4.69, 9.17) is 5.73 Å². The van der Waals surface area contributed by atoms with Gasteiger partial charge in [-0.05, 0) is 30.7 Å². The highest BCUT2D eigenvalue weighted by molar-refractivity contribution is 5.58. The molecular weight excluding hydrogens is 174 g/mol. The molecule has 2 aromatic rings. The second-order valence-corrected chi connectivity index (χ2v) is 3.14. The zero-order valence-electron chi connectivity index (χ0n) is 7.94. The van der Waals surface area contributed by atoms with Gasteiger partial charge in [-0.25, -0.2) is 0 Å². The van der Waals surface area contributed by atoms with Crippen molar-refractivity contribution in [1.82, 2.24) is 9.97 Å². The van der Waals surface area contributed by atoms with E-state index in [2.05, 4.69) is 9.97 Å². The molecule has 0 aromatic carbocycles. The summed E-state index contributed by atoms with van der Waals surface area (Å²) < 4.78 is 0. The van der Waals surface area contributed by atoms with Crippen molar-refractivity contribution in [3.8, 4) is 11.4 Å². The predicted molar refractivity (Wildman–Crippen MR) is 56.6 cm³/mol. The van der Waals surface area contributed by atoms with E-state index in [9.17, 15) is 0 Å². The maximum Gasteiger partial charge on any atom is 0.0890 e. The van der Waals surface area contributed by atoms with Gasteiger partial charge in [0, 0.05) is 6.20 Å². The second kappa shape index (κ2) is 3.46. The molecule has 70 valence electrons. The molecule has 0 saturated heterocycles. The number of nitrogens with two attached hydrogens (primary N) is 1. The summed E-state index contributed by atoms with van der Waals surface area (Å²) in [5.74, 6) is 0. The van der Waals surface area contributed by atoms with E-state index >= 15 is 0 Å². The molecule has 0 amide bonds. The summed E-state index contributed by atoms with van der Waals surface area (Å²) in [5.41, 5.74) is 9.15. The van der Waals surface area contributed by atoms with Crippen molar-refractivity contribution in [1.29, 1.82) is 0 Å². The van der Waals surface area contributed by atoms with E-state index in [0.29, 0.717) is 5.69 Å². The molecule has 3 nitrogen and oxygen atoms in total. The first kappa shape index (κ1) is 8.69. The van der Waals surface area contributed by atoms with Crippen LogP contribution in [0.1, 0.15) is 5.56 Å². The van der Waals surface area contributed by atoms with Gasteiger partial charge in [0.15, 0.2) is 0 Å². The molecule has 2 heterocycles. The van der Waals surface area contributed by atoms with Crippen molar-refractivity contribution in [3.63, 3.8) is 0 Å². The third kappa shape index (κ3) is 1.57. The maximum absolute atomic E-state index is 5.68. The van der Waals surface area contributed by atoms with E-state index in [0.717, 1.165) is 17.0 Å². The molecule has 0 bridgehead atoms. The minimum Gasteiger partial charge on any atom is -0.397 e. The molecule has 0 fully saturated rings. The Labute approximate surface area is 82.6 Å². The molecular formula is C11H11N3. The fraction of sp³-hybridized carbons (Fsp3) is 0.0909. The van der Waals surface area contributed by atoms with Gasteiger partial charge in [0.25, 0.3) is 0 Å². The van der Waals surface area contributed by atoms with Crippen LogP contribution in [0.2, 0.25) is 0 Å². The van der Waals surface area contributed by atoms with Gasteiger partial charge < -0.3 is 5.73 Å². The molecule has 0 aliphatic heterocycles. The average Bonchev–Trinajstić information content (AvgIpc) is 2.23.